The lowest BCUT2D eigenvalue weighted by atomic mass is 9.95. The second kappa shape index (κ2) is 7.82. The van der Waals surface area contributed by atoms with E-state index >= 15 is 0 Å². The summed E-state index contributed by atoms with van der Waals surface area (Å²) in [7, 11) is 1.40. The zero-order valence-electron chi connectivity index (χ0n) is 14.2. The van der Waals surface area contributed by atoms with Crippen molar-refractivity contribution in [2.75, 3.05) is 26.8 Å². The van der Waals surface area contributed by atoms with Crippen LogP contribution >= 0.6 is 0 Å². The average Bonchev–Trinajstić information content (AvgIpc) is 2.61. The Labute approximate surface area is 144 Å². The van der Waals surface area contributed by atoms with Crippen molar-refractivity contribution >= 4 is 17.5 Å². The number of hydrogen-bond donors (Lipinski definition) is 1. The van der Waals surface area contributed by atoms with E-state index in [0.29, 0.717) is 32.5 Å². The highest BCUT2D eigenvalue weighted by atomic mass is 16.6. The van der Waals surface area contributed by atoms with Crippen LogP contribution in [0.25, 0.3) is 0 Å². The van der Waals surface area contributed by atoms with Gasteiger partial charge in [-0.25, -0.2) is 0 Å². The minimum absolute atomic E-state index is 0.0668. The van der Waals surface area contributed by atoms with Crippen LogP contribution in [0, 0.1) is 16.0 Å². The lowest BCUT2D eigenvalue weighted by molar-refractivity contribution is -0.385. The van der Waals surface area contributed by atoms with Crippen LogP contribution in [-0.4, -0.2) is 48.4 Å². The first-order valence-corrected chi connectivity index (χ1v) is 7.96. The maximum absolute atomic E-state index is 12.7. The second-order valence-electron chi connectivity index (χ2n) is 5.68. The zero-order chi connectivity index (χ0) is 18.6. The van der Waals surface area contributed by atoms with E-state index in [4.69, 9.17) is 15.2 Å². The second-order valence-corrected chi connectivity index (χ2v) is 5.68. The van der Waals surface area contributed by atoms with Gasteiger partial charge in [0.25, 0.3) is 11.6 Å². The van der Waals surface area contributed by atoms with E-state index in [1.165, 1.54) is 24.1 Å². The molecular weight excluding hydrogens is 330 g/mol. The Kier molecular flexibility index (Phi) is 5.79. The summed E-state index contributed by atoms with van der Waals surface area (Å²) >= 11 is 0. The van der Waals surface area contributed by atoms with Crippen molar-refractivity contribution in [3.63, 3.8) is 0 Å². The van der Waals surface area contributed by atoms with E-state index in [1.807, 2.05) is 0 Å². The predicted molar refractivity (Wildman–Crippen MR) is 88.6 cm³/mol. The summed E-state index contributed by atoms with van der Waals surface area (Å²) in [5, 5.41) is 11.4. The molecule has 0 unspecified atom stereocenters. The monoisotopic (exact) mass is 351 g/mol. The van der Waals surface area contributed by atoms with Gasteiger partial charge in [0.1, 0.15) is 5.56 Å². The number of piperidine rings is 1. The van der Waals surface area contributed by atoms with Crippen LogP contribution < -0.4 is 15.2 Å². The number of carbonyl (C=O) groups excluding carboxylic acids is 2. The topological polar surface area (TPSA) is 125 Å². The molecule has 9 heteroatoms. The van der Waals surface area contributed by atoms with Crippen LogP contribution in [0.15, 0.2) is 12.1 Å². The molecule has 0 spiro atoms. The van der Waals surface area contributed by atoms with E-state index in [1.54, 1.807) is 6.92 Å². The first-order valence-electron chi connectivity index (χ1n) is 7.96. The summed E-state index contributed by atoms with van der Waals surface area (Å²) in [6, 6.07) is 2.53. The molecule has 25 heavy (non-hydrogen) atoms. The maximum Gasteiger partial charge on any atom is 0.286 e. The lowest BCUT2D eigenvalue weighted by Crippen LogP contribution is -2.41. The van der Waals surface area contributed by atoms with E-state index in [-0.39, 0.29) is 34.6 Å². The number of methoxy groups -OCH3 is 1. The molecule has 1 aliphatic heterocycles. The number of nitro benzene ring substituents is 1. The van der Waals surface area contributed by atoms with Crippen LogP contribution in [0.5, 0.6) is 11.5 Å². The summed E-state index contributed by atoms with van der Waals surface area (Å²) in [5.74, 6) is -0.672. The normalized spacial score (nSPS) is 14.9. The van der Waals surface area contributed by atoms with Crippen molar-refractivity contribution in [3.8, 4) is 11.5 Å². The molecule has 2 rings (SSSR count). The average molecular weight is 351 g/mol. The van der Waals surface area contributed by atoms with Gasteiger partial charge in [0, 0.05) is 25.1 Å². The Morgan fingerprint density at radius 1 is 1.32 bits per heavy atom. The van der Waals surface area contributed by atoms with E-state index in [9.17, 15) is 19.7 Å². The molecule has 2 N–H and O–H groups in total. The Morgan fingerprint density at radius 3 is 2.44 bits per heavy atom. The number of rotatable bonds is 6. The number of benzene rings is 1. The van der Waals surface area contributed by atoms with Gasteiger partial charge in [-0.3, -0.25) is 19.7 Å². The molecule has 1 saturated heterocycles. The number of primary amides is 1. The predicted octanol–water partition coefficient (Wildman–Crippen LogP) is 1.34. The first kappa shape index (κ1) is 18.5. The van der Waals surface area contributed by atoms with Crippen molar-refractivity contribution in [1.82, 2.24) is 4.90 Å². The van der Waals surface area contributed by atoms with Crippen molar-refractivity contribution < 1.29 is 24.0 Å². The van der Waals surface area contributed by atoms with Crippen molar-refractivity contribution in [3.05, 3.63) is 27.8 Å². The Balaban J connectivity index is 2.32. The van der Waals surface area contributed by atoms with Gasteiger partial charge in [-0.1, -0.05) is 0 Å². The van der Waals surface area contributed by atoms with Crippen LogP contribution in [0.2, 0.25) is 0 Å². The first-order chi connectivity index (χ1) is 11.9. The van der Waals surface area contributed by atoms with Gasteiger partial charge in [0.05, 0.1) is 24.7 Å². The van der Waals surface area contributed by atoms with Crippen LogP contribution in [0.1, 0.15) is 30.1 Å². The smallest absolute Gasteiger partial charge is 0.286 e. The van der Waals surface area contributed by atoms with Crippen molar-refractivity contribution in [2.45, 2.75) is 19.8 Å². The molecule has 9 nitrogen and oxygen atoms in total. The lowest BCUT2D eigenvalue weighted by Gasteiger charge is -2.30. The Hall–Kier alpha value is -2.84. The molecule has 1 aromatic carbocycles. The van der Waals surface area contributed by atoms with Crippen LogP contribution in [0.4, 0.5) is 5.69 Å². The Bertz CT molecular complexity index is 683. The largest absolute Gasteiger partial charge is 0.493 e. The molecule has 0 saturated carbocycles. The highest BCUT2D eigenvalue weighted by Crippen LogP contribution is 2.35. The third-order valence-corrected chi connectivity index (χ3v) is 4.19. The summed E-state index contributed by atoms with van der Waals surface area (Å²) in [6.45, 7) is 2.69. The Morgan fingerprint density at radius 2 is 1.96 bits per heavy atom. The minimum atomic E-state index is -0.620. The SMILES string of the molecule is CCOc1cc([N+](=O)[O-])c(C(=O)N2CCC(C(N)=O)CC2)cc1OC. The molecule has 0 atom stereocenters. The molecule has 0 radical (unpaired) electrons. The molecule has 1 aliphatic rings. The number of nitrogens with two attached hydrogens (primary N) is 1. The number of nitro groups is 1. The van der Waals surface area contributed by atoms with Gasteiger partial charge in [0.2, 0.25) is 5.91 Å². The van der Waals surface area contributed by atoms with Crippen molar-refractivity contribution in [1.29, 1.82) is 0 Å². The zero-order valence-corrected chi connectivity index (χ0v) is 14.2. The number of carbonyl (C=O) groups is 2. The number of nitrogens with zero attached hydrogens (tertiary/aromatic N) is 2. The molecule has 1 heterocycles. The van der Waals surface area contributed by atoms with E-state index < -0.39 is 10.8 Å². The number of ether oxygens (including phenoxy) is 2. The molecule has 2 amide bonds. The van der Waals surface area contributed by atoms with Crippen LogP contribution in [0.3, 0.4) is 0 Å². The van der Waals surface area contributed by atoms with Gasteiger partial charge in [0.15, 0.2) is 11.5 Å². The maximum atomic E-state index is 12.7. The summed E-state index contributed by atoms with van der Waals surface area (Å²) in [4.78, 5) is 36.2. The van der Waals surface area contributed by atoms with Gasteiger partial charge < -0.3 is 20.1 Å². The highest BCUT2D eigenvalue weighted by Gasteiger charge is 2.31. The minimum Gasteiger partial charge on any atom is -0.493 e. The highest BCUT2D eigenvalue weighted by molar-refractivity contribution is 5.99. The van der Waals surface area contributed by atoms with E-state index in [0.717, 1.165) is 0 Å². The number of hydrogen-bond acceptors (Lipinski definition) is 6. The fourth-order valence-corrected chi connectivity index (χ4v) is 2.84. The standard InChI is InChI=1S/C16H21N3O6/c1-3-25-14-9-12(19(22)23)11(8-13(14)24-2)16(21)18-6-4-10(5-7-18)15(17)20/h8-10H,3-7H2,1-2H3,(H2,17,20). The summed E-state index contributed by atoms with van der Waals surface area (Å²) in [5.41, 5.74) is 4.88. The van der Waals surface area contributed by atoms with Crippen LogP contribution in [-0.2, 0) is 4.79 Å². The number of likely N-dealkylation sites (tertiary alicyclic amines) is 1. The van der Waals surface area contributed by atoms with E-state index in [2.05, 4.69) is 0 Å². The number of amides is 2. The summed E-state index contributed by atoms with van der Waals surface area (Å²) in [6.07, 6.45) is 0.895. The quantitative estimate of drug-likeness (QED) is 0.609. The summed E-state index contributed by atoms with van der Waals surface area (Å²) < 4.78 is 10.5. The molecule has 1 aromatic rings. The third-order valence-electron chi connectivity index (χ3n) is 4.19. The van der Waals surface area contributed by atoms with Gasteiger partial charge in [-0.15, -0.1) is 0 Å². The molecule has 136 valence electrons. The molecule has 0 aliphatic carbocycles. The van der Waals surface area contributed by atoms with Gasteiger partial charge in [-0.2, -0.15) is 0 Å². The molecule has 0 bridgehead atoms. The third kappa shape index (κ3) is 3.98. The van der Waals surface area contributed by atoms with Crippen molar-refractivity contribution in [2.24, 2.45) is 11.7 Å². The van der Waals surface area contributed by atoms with Gasteiger partial charge >= 0.3 is 0 Å². The van der Waals surface area contributed by atoms with Gasteiger partial charge in [-0.05, 0) is 19.8 Å². The fourth-order valence-electron chi connectivity index (χ4n) is 2.84. The molecular formula is C16H21N3O6. The molecule has 0 aromatic heterocycles. The fraction of sp³-hybridized carbons (Fsp3) is 0.500. The molecule has 1 fully saturated rings.